The van der Waals surface area contributed by atoms with E-state index in [1.807, 2.05) is 25.1 Å². The Bertz CT molecular complexity index is 894. The highest BCUT2D eigenvalue weighted by Gasteiger charge is 2.13. The van der Waals surface area contributed by atoms with E-state index in [1.165, 1.54) is 15.9 Å². The third-order valence-corrected chi connectivity index (χ3v) is 5.39. The number of aromatic nitrogens is 1. The second-order valence-corrected chi connectivity index (χ2v) is 8.00. The first-order chi connectivity index (χ1) is 16.5. The normalized spacial score (nSPS) is 11.4. The summed E-state index contributed by atoms with van der Waals surface area (Å²) >= 11 is 1.29. The van der Waals surface area contributed by atoms with Crippen molar-refractivity contribution < 1.29 is 38.9 Å². The van der Waals surface area contributed by atoms with Gasteiger partial charge in [0.15, 0.2) is 0 Å². The number of benzene rings is 1. The molecule has 0 saturated heterocycles. The predicted molar refractivity (Wildman–Crippen MR) is 124 cm³/mol. The van der Waals surface area contributed by atoms with Crippen LogP contribution in [-0.2, 0) is 25.5 Å². The number of carboxylic acids is 1. The molecule has 188 valence electrons. The molecule has 1 heterocycles. The molecule has 34 heavy (non-hydrogen) atoms. The Morgan fingerprint density at radius 3 is 2.29 bits per heavy atom. The van der Waals surface area contributed by atoms with Gasteiger partial charge in [-0.2, -0.15) is 0 Å². The van der Waals surface area contributed by atoms with Crippen LogP contribution in [0.1, 0.15) is 5.56 Å². The first kappa shape index (κ1) is 27.8. The fourth-order valence-electron chi connectivity index (χ4n) is 2.95. The van der Waals surface area contributed by atoms with Gasteiger partial charge in [0.2, 0.25) is 0 Å². The van der Waals surface area contributed by atoms with Crippen molar-refractivity contribution in [2.24, 2.45) is 10.2 Å². The number of hydrogen-bond donors (Lipinski definition) is 2. The highest BCUT2D eigenvalue weighted by atomic mass is 32.1. The molecule has 0 bridgehead atoms. The third-order valence-electron chi connectivity index (χ3n) is 4.60. The summed E-state index contributed by atoms with van der Waals surface area (Å²) in [5.41, 5.74) is 2.54. The van der Waals surface area contributed by atoms with E-state index in [2.05, 4.69) is 15.1 Å². The molecule has 0 radical (unpaired) electrons. The standard InChI is InChI=1S/C22H32N4O7S/c1-18-16-19(2-3-20(18)23-24-22-26(6-15-34-22)17-21(29)30)25(4-9-31-11-7-27)5-10-32-13-14-33-12-8-28/h2-3,6,15-16,27-28H,4-5,7-14,17H2,1H3. The van der Waals surface area contributed by atoms with Gasteiger partial charge in [0.25, 0.3) is 0 Å². The smallest absolute Gasteiger partial charge is 0.408 e. The van der Waals surface area contributed by atoms with E-state index < -0.39 is 5.97 Å². The lowest BCUT2D eigenvalue weighted by Crippen LogP contribution is -2.42. The van der Waals surface area contributed by atoms with Crippen LogP contribution in [0.4, 0.5) is 16.5 Å². The second-order valence-electron chi connectivity index (χ2n) is 7.13. The summed E-state index contributed by atoms with van der Waals surface area (Å²) in [6, 6.07) is 5.78. The van der Waals surface area contributed by atoms with Crippen LogP contribution in [-0.4, -0.2) is 82.1 Å². The van der Waals surface area contributed by atoms with Gasteiger partial charge in [0.1, 0.15) is 18.4 Å². The molecular weight excluding hydrogens is 464 g/mol. The fraction of sp³-hybridized carbons (Fsp3) is 0.545. The highest BCUT2D eigenvalue weighted by molar-refractivity contribution is 7.12. The number of thiazole rings is 1. The summed E-state index contributed by atoms with van der Waals surface area (Å²) in [4.78, 5) is 13.0. The van der Waals surface area contributed by atoms with Crippen molar-refractivity contribution in [3.8, 4) is 0 Å². The van der Waals surface area contributed by atoms with Crippen LogP contribution >= 0.6 is 11.3 Å². The molecule has 0 fully saturated rings. The summed E-state index contributed by atoms with van der Waals surface area (Å²) in [6.07, 6.45) is 1.63. The maximum Gasteiger partial charge on any atom is 0.408 e. The highest BCUT2D eigenvalue weighted by Crippen LogP contribution is 2.27. The Labute approximate surface area is 202 Å². The maximum atomic E-state index is 10.9. The number of nitrogens with zero attached hydrogens (tertiary/aromatic N) is 4. The third kappa shape index (κ3) is 10.2. The van der Waals surface area contributed by atoms with E-state index in [1.54, 1.807) is 11.6 Å². The van der Waals surface area contributed by atoms with Crippen molar-refractivity contribution in [2.75, 3.05) is 70.8 Å². The average molecular weight is 497 g/mol. The van der Waals surface area contributed by atoms with Gasteiger partial charge in [0, 0.05) is 24.2 Å². The first-order valence-corrected chi connectivity index (χ1v) is 11.8. The molecule has 0 unspecified atom stereocenters. The number of azo groups is 1. The number of rotatable bonds is 18. The van der Waals surface area contributed by atoms with Gasteiger partial charge >= 0.3 is 5.13 Å². The molecular formula is C22H32N4O7S. The number of hydrogen-bond acceptors (Lipinski definition) is 11. The Kier molecular flexibility index (Phi) is 13.2. The quantitative estimate of drug-likeness (QED) is 0.171. The minimum absolute atomic E-state index is 0.0102. The van der Waals surface area contributed by atoms with Crippen LogP contribution in [0.15, 0.2) is 40.0 Å². The Balaban J connectivity index is 2.01. The zero-order valence-corrected chi connectivity index (χ0v) is 20.1. The zero-order valence-electron chi connectivity index (χ0n) is 19.3. The van der Waals surface area contributed by atoms with E-state index in [0.717, 1.165) is 11.3 Å². The van der Waals surface area contributed by atoms with Crippen LogP contribution < -0.4 is 14.6 Å². The summed E-state index contributed by atoms with van der Waals surface area (Å²) in [6.45, 7) is 5.24. The van der Waals surface area contributed by atoms with E-state index in [4.69, 9.17) is 24.4 Å². The van der Waals surface area contributed by atoms with Gasteiger partial charge in [0.05, 0.1) is 63.9 Å². The van der Waals surface area contributed by atoms with Crippen LogP contribution in [0.3, 0.4) is 0 Å². The lowest BCUT2D eigenvalue weighted by atomic mass is 10.1. The number of carbonyl (C=O) groups excluding carboxylic acids is 1. The van der Waals surface area contributed by atoms with Crippen LogP contribution in [0.25, 0.3) is 0 Å². The molecule has 0 spiro atoms. The molecule has 0 aliphatic carbocycles. The molecule has 0 saturated carbocycles. The number of carbonyl (C=O) groups is 1. The second kappa shape index (κ2) is 16.2. The van der Waals surface area contributed by atoms with Crippen molar-refractivity contribution in [1.82, 2.24) is 0 Å². The van der Waals surface area contributed by atoms with Crippen molar-refractivity contribution in [3.63, 3.8) is 0 Å². The molecule has 11 nitrogen and oxygen atoms in total. The number of aliphatic carboxylic acids is 1. The molecule has 2 aromatic rings. The summed E-state index contributed by atoms with van der Waals surface area (Å²) < 4.78 is 17.7. The van der Waals surface area contributed by atoms with Gasteiger partial charge in [-0.25, -0.2) is 4.57 Å². The summed E-state index contributed by atoms with van der Waals surface area (Å²) in [7, 11) is 0. The van der Waals surface area contributed by atoms with Crippen LogP contribution in [0.5, 0.6) is 0 Å². The Morgan fingerprint density at radius 2 is 1.68 bits per heavy atom. The van der Waals surface area contributed by atoms with Crippen molar-refractivity contribution in [2.45, 2.75) is 13.5 Å². The van der Waals surface area contributed by atoms with Crippen molar-refractivity contribution in [3.05, 3.63) is 35.3 Å². The minimum Gasteiger partial charge on any atom is -0.546 e. The predicted octanol–water partition coefficient (Wildman–Crippen LogP) is 0.350. The van der Waals surface area contributed by atoms with E-state index in [0.29, 0.717) is 56.9 Å². The van der Waals surface area contributed by atoms with Gasteiger partial charge in [-0.3, -0.25) is 0 Å². The topological polar surface area (TPSA) is 140 Å². The first-order valence-electron chi connectivity index (χ1n) is 10.9. The van der Waals surface area contributed by atoms with Gasteiger partial charge in [-0.1, -0.05) is 0 Å². The number of aliphatic hydroxyl groups excluding tert-OH is 2. The molecule has 0 aliphatic rings. The number of ether oxygens (including phenoxy) is 3. The Morgan fingerprint density at radius 1 is 1.03 bits per heavy atom. The van der Waals surface area contributed by atoms with Crippen molar-refractivity contribution in [1.29, 1.82) is 0 Å². The molecule has 1 aromatic carbocycles. The van der Waals surface area contributed by atoms with Crippen LogP contribution in [0.2, 0.25) is 0 Å². The number of carboxylic acid groups (broad SMARTS) is 1. The molecule has 2 rings (SSSR count). The fourth-order valence-corrected chi connectivity index (χ4v) is 3.63. The van der Waals surface area contributed by atoms with Crippen LogP contribution in [0, 0.1) is 6.92 Å². The van der Waals surface area contributed by atoms with E-state index in [-0.39, 0.29) is 26.4 Å². The van der Waals surface area contributed by atoms with E-state index >= 15 is 0 Å². The largest absolute Gasteiger partial charge is 0.546 e. The number of aliphatic hydroxyl groups is 2. The lowest BCUT2D eigenvalue weighted by Gasteiger charge is -2.25. The molecule has 1 aromatic heterocycles. The monoisotopic (exact) mass is 496 g/mol. The maximum absolute atomic E-state index is 10.9. The Hall–Kier alpha value is -2.48. The summed E-state index contributed by atoms with van der Waals surface area (Å²) in [5.74, 6) is -1.19. The minimum atomic E-state index is -1.19. The number of aryl methyl sites for hydroxylation is 1. The lowest BCUT2D eigenvalue weighted by molar-refractivity contribution is -0.674. The van der Waals surface area contributed by atoms with Gasteiger partial charge in [-0.05, 0) is 47.1 Å². The molecule has 0 atom stereocenters. The summed E-state index contributed by atoms with van der Waals surface area (Å²) in [5, 5.41) is 39.2. The van der Waals surface area contributed by atoms with Gasteiger partial charge < -0.3 is 39.2 Å². The van der Waals surface area contributed by atoms with Gasteiger partial charge in [-0.15, -0.1) is 0 Å². The average Bonchev–Trinajstić information content (AvgIpc) is 3.25. The SMILES string of the molecule is Cc1cc(N(CCOCCO)CCOCCOCCO)ccc1/N=N/c1scc[n+]1CC(=O)[O-]. The number of anilines is 1. The van der Waals surface area contributed by atoms with E-state index in [9.17, 15) is 9.90 Å². The molecule has 2 N–H and O–H groups in total. The molecule has 0 aliphatic heterocycles. The molecule has 12 heteroatoms. The molecule has 0 amide bonds. The van der Waals surface area contributed by atoms with Crippen molar-refractivity contribution >= 4 is 33.8 Å². The zero-order chi connectivity index (χ0) is 24.6.